The third kappa shape index (κ3) is 1.87. The van der Waals surface area contributed by atoms with Crippen LogP contribution < -0.4 is 0 Å². The van der Waals surface area contributed by atoms with Crippen LogP contribution in [0.3, 0.4) is 0 Å². The highest BCUT2D eigenvalue weighted by Gasteiger charge is 2.28. The maximum absolute atomic E-state index is 11.9. The van der Waals surface area contributed by atoms with E-state index in [1.165, 1.54) is 6.39 Å². The second kappa shape index (κ2) is 4.02. The summed E-state index contributed by atoms with van der Waals surface area (Å²) in [5.74, 6) is 0.471. The van der Waals surface area contributed by atoms with Gasteiger partial charge in [0.2, 0.25) is 0 Å². The molecule has 2 heterocycles. The van der Waals surface area contributed by atoms with E-state index in [4.69, 9.17) is 4.42 Å². The summed E-state index contributed by atoms with van der Waals surface area (Å²) in [6.07, 6.45) is 2.19. The zero-order valence-electron chi connectivity index (χ0n) is 8.64. The van der Waals surface area contributed by atoms with Gasteiger partial charge in [-0.2, -0.15) is 0 Å². The fourth-order valence-corrected chi connectivity index (χ4v) is 1.77. The zero-order valence-corrected chi connectivity index (χ0v) is 8.64. The summed E-state index contributed by atoms with van der Waals surface area (Å²) in [7, 11) is 0. The molecule has 0 unspecified atom stereocenters. The maximum atomic E-state index is 11.9. The molecular formula is C10H14N2O3. The molecule has 0 aliphatic carbocycles. The quantitative estimate of drug-likeness (QED) is 0.769. The Kier molecular flexibility index (Phi) is 2.73. The minimum Gasteiger partial charge on any atom is -0.448 e. The number of aliphatic hydroxyl groups excluding tert-OH is 1. The monoisotopic (exact) mass is 210 g/mol. The van der Waals surface area contributed by atoms with Crippen molar-refractivity contribution in [3.05, 3.63) is 17.8 Å². The van der Waals surface area contributed by atoms with Gasteiger partial charge in [-0.15, -0.1) is 0 Å². The SMILES string of the molecule is CCc1ocnc1C(=O)N1CC[C@@H](O)C1. The summed E-state index contributed by atoms with van der Waals surface area (Å²) in [6.45, 7) is 2.90. The number of nitrogens with zero attached hydrogens (tertiary/aromatic N) is 2. The van der Waals surface area contributed by atoms with Gasteiger partial charge >= 0.3 is 0 Å². The highest BCUT2D eigenvalue weighted by Crippen LogP contribution is 2.15. The maximum Gasteiger partial charge on any atom is 0.276 e. The van der Waals surface area contributed by atoms with Crippen LogP contribution in [0.2, 0.25) is 0 Å². The third-order valence-corrected chi connectivity index (χ3v) is 2.62. The van der Waals surface area contributed by atoms with Gasteiger partial charge in [-0.1, -0.05) is 6.92 Å². The van der Waals surface area contributed by atoms with Gasteiger partial charge in [-0.3, -0.25) is 4.79 Å². The fraction of sp³-hybridized carbons (Fsp3) is 0.600. The van der Waals surface area contributed by atoms with Crippen molar-refractivity contribution in [2.75, 3.05) is 13.1 Å². The van der Waals surface area contributed by atoms with Crippen molar-refractivity contribution in [1.82, 2.24) is 9.88 Å². The predicted molar refractivity (Wildman–Crippen MR) is 52.4 cm³/mol. The van der Waals surface area contributed by atoms with Crippen LogP contribution >= 0.6 is 0 Å². The molecule has 2 rings (SSSR count). The predicted octanol–water partition coefficient (Wildman–Crippen LogP) is 0.444. The number of aryl methyl sites for hydroxylation is 1. The lowest BCUT2D eigenvalue weighted by molar-refractivity contribution is 0.0757. The first kappa shape index (κ1) is 10.2. The number of carbonyl (C=O) groups excluding carboxylic acids is 1. The number of β-amino-alcohol motifs (C(OH)–C–C–N with tert-alkyl or cyclic N) is 1. The van der Waals surface area contributed by atoms with E-state index in [1.54, 1.807) is 4.90 Å². The first-order chi connectivity index (χ1) is 7.22. The molecule has 1 aromatic heterocycles. The van der Waals surface area contributed by atoms with Crippen LogP contribution in [0.4, 0.5) is 0 Å². The van der Waals surface area contributed by atoms with Gasteiger partial charge in [0.15, 0.2) is 12.1 Å². The van der Waals surface area contributed by atoms with Crippen LogP contribution in [0.1, 0.15) is 29.6 Å². The van der Waals surface area contributed by atoms with Gasteiger partial charge in [0, 0.05) is 19.5 Å². The molecule has 1 saturated heterocycles. The molecule has 15 heavy (non-hydrogen) atoms. The molecule has 0 aromatic carbocycles. The topological polar surface area (TPSA) is 66.6 Å². The number of carbonyl (C=O) groups is 1. The van der Waals surface area contributed by atoms with Crippen LogP contribution in [-0.2, 0) is 6.42 Å². The number of hydrogen-bond donors (Lipinski definition) is 1. The minimum absolute atomic E-state index is 0.142. The molecule has 1 atom stereocenters. The second-order valence-corrected chi connectivity index (χ2v) is 3.67. The van der Waals surface area contributed by atoms with Crippen molar-refractivity contribution >= 4 is 5.91 Å². The van der Waals surface area contributed by atoms with Crippen molar-refractivity contribution in [3.63, 3.8) is 0 Å². The van der Waals surface area contributed by atoms with Gasteiger partial charge < -0.3 is 14.4 Å². The average Bonchev–Trinajstić information content (AvgIpc) is 2.84. The van der Waals surface area contributed by atoms with Gasteiger partial charge in [-0.25, -0.2) is 4.98 Å². The molecule has 82 valence electrons. The number of likely N-dealkylation sites (tertiary alicyclic amines) is 1. The van der Waals surface area contributed by atoms with Crippen LogP contribution in [0, 0.1) is 0 Å². The molecule has 5 heteroatoms. The van der Waals surface area contributed by atoms with Gasteiger partial charge in [-0.05, 0) is 6.42 Å². The number of hydrogen-bond acceptors (Lipinski definition) is 4. The molecule has 0 saturated carbocycles. The summed E-state index contributed by atoms with van der Waals surface area (Å²) in [5.41, 5.74) is 0.381. The van der Waals surface area contributed by atoms with Gasteiger partial charge in [0.1, 0.15) is 5.76 Å². The molecule has 1 amide bonds. The Hall–Kier alpha value is -1.36. The standard InChI is InChI=1S/C10H14N2O3/c1-2-8-9(11-6-15-8)10(14)12-4-3-7(13)5-12/h6-7,13H,2-5H2,1H3/t7-/m1/s1. The van der Waals surface area contributed by atoms with E-state index in [0.29, 0.717) is 37.4 Å². The van der Waals surface area contributed by atoms with Crippen LogP contribution in [0.5, 0.6) is 0 Å². The summed E-state index contributed by atoms with van der Waals surface area (Å²) in [6, 6.07) is 0. The molecule has 1 aliphatic rings. The Morgan fingerprint density at radius 2 is 2.60 bits per heavy atom. The first-order valence-electron chi connectivity index (χ1n) is 5.12. The molecule has 0 spiro atoms. The Labute approximate surface area is 87.7 Å². The second-order valence-electron chi connectivity index (χ2n) is 3.67. The minimum atomic E-state index is -0.397. The Bertz CT molecular complexity index is 361. The van der Waals surface area contributed by atoms with Crippen molar-refractivity contribution in [2.45, 2.75) is 25.9 Å². The Balaban J connectivity index is 2.14. The molecule has 1 aromatic rings. The van der Waals surface area contributed by atoms with Gasteiger partial charge in [0.05, 0.1) is 6.10 Å². The number of amides is 1. The van der Waals surface area contributed by atoms with E-state index in [2.05, 4.69) is 4.98 Å². The number of oxazole rings is 1. The molecule has 0 radical (unpaired) electrons. The Morgan fingerprint density at radius 1 is 1.80 bits per heavy atom. The van der Waals surface area contributed by atoms with E-state index >= 15 is 0 Å². The van der Waals surface area contributed by atoms with Crippen molar-refractivity contribution < 1.29 is 14.3 Å². The number of aliphatic hydroxyl groups is 1. The smallest absolute Gasteiger partial charge is 0.276 e. The van der Waals surface area contributed by atoms with Crippen molar-refractivity contribution in [1.29, 1.82) is 0 Å². The lowest BCUT2D eigenvalue weighted by Gasteiger charge is -2.13. The van der Waals surface area contributed by atoms with Crippen molar-refractivity contribution in [2.24, 2.45) is 0 Å². The van der Waals surface area contributed by atoms with Gasteiger partial charge in [0.25, 0.3) is 5.91 Å². The summed E-state index contributed by atoms with van der Waals surface area (Å²) in [4.78, 5) is 17.5. The number of aromatic nitrogens is 1. The Morgan fingerprint density at radius 3 is 3.20 bits per heavy atom. The third-order valence-electron chi connectivity index (χ3n) is 2.62. The molecular weight excluding hydrogens is 196 g/mol. The summed E-state index contributed by atoms with van der Waals surface area (Å²) >= 11 is 0. The van der Waals surface area contributed by atoms with Crippen LogP contribution in [0.15, 0.2) is 10.8 Å². The average molecular weight is 210 g/mol. The van der Waals surface area contributed by atoms with E-state index < -0.39 is 6.10 Å². The molecule has 1 fully saturated rings. The molecule has 0 bridgehead atoms. The zero-order chi connectivity index (χ0) is 10.8. The normalized spacial score (nSPS) is 20.9. The highest BCUT2D eigenvalue weighted by molar-refractivity contribution is 5.93. The summed E-state index contributed by atoms with van der Waals surface area (Å²) in [5, 5.41) is 9.33. The number of rotatable bonds is 2. The van der Waals surface area contributed by atoms with Crippen LogP contribution in [0.25, 0.3) is 0 Å². The first-order valence-corrected chi connectivity index (χ1v) is 5.12. The van der Waals surface area contributed by atoms with E-state index in [-0.39, 0.29) is 5.91 Å². The fourth-order valence-electron chi connectivity index (χ4n) is 1.77. The lowest BCUT2D eigenvalue weighted by atomic mass is 10.2. The van der Waals surface area contributed by atoms with E-state index in [0.717, 1.165) is 0 Å². The lowest BCUT2D eigenvalue weighted by Crippen LogP contribution is -2.30. The highest BCUT2D eigenvalue weighted by atomic mass is 16.3. The molecule has 1 N–H and O–H groups in total. The van der Waals surface area contributed by atoms with Crippen molar-refractivity contribution in [3.8, 4) is 0 Å². The van der Waals surface area contributed by atoms with Crippen LogP contribution in [-0.4, -0.2) is 40.1 Å². The molecule has 5 nitrogen and oxygen atoms in total. The molecule has 1 aliphatic heterocycles. The van der Waals surface area contributed by atoms with E-state index in [1.807, 2.05) is 6.92 Å². The van der Waals surface area contributed by atoms with E-state index in [9.17, 15) is 9.90 Å². The summed E-state index contributed by atoms with van der Waals surface area (Å²) < 4.78 is 5.10. The largest absolute Gasteiger partial charge is 0.448 e.